The van der Waals surface area contributed by atoms with Crippen molar-refractivity contribution < 1.29 is 13.6 Å². The second-order valence-electron chi connectivity index (χ2n) is 4.10. The van der Waals surface area contributed by atoms with Gasteiger partial charge in [0.1, 0.15) is 10.8 Å². The van der Waals surface area contributed by atoms with E-state index in [1.807, 2.05) is 0 Å². The van der Waals surface area contributed by atoms with Gasteiger partial charge < -0.3 is 5.32 Å². The lowest BCUT2D eigenvalue weighted by Crippen LogP contribution is -2.27. The van der Waals surface area contributed by atoms with Gasteiger partial charge in [-0.05, 0) is 24.6 Å². The van der Waals surface area contributed by atoms with Crippen molar-refractivity contribution in [1.82, 2.24) is 15.3 Å². The average Bonchev–Trinajstić information content (AvgIpc) is 2.41. The van der Waals surface area contributed by atoms with Gasteiger partial charge in [0.2, 0.25) is 0 Å². The van der Waals surface area contributed by atoms with E-state index >= 15 is 0 Å². The van der Waals surface area contributed by atoms with Crippen LogP contribution in [-0.4, -0.2) is 15.9 Å². The van der Waals surface area contributed by atoms with E-state index in [1.165, 1.54) is 18.5 Å². The molecule has 20 heavy (non-hydrogen) atoms. The zero-order chi connectivity index (χ0) is 14.7. The third-order valence-electron chi connectivity index (χ3n) is 2.63. The number of carbonyl (C=O) groups is 1. The summed E-state index contributed by atoms with van der Waals surface area (Å²) in [7, 11) is 0. The Balaban J connectivity index is 2.13. The topological polar surface area (TPSA) is 54.9 Å². The first-order chi connectivity index (χ1) is 9.47. The molecule has 0 fully saturated rings. The van der Waals surface area contributed by atoms with Gasteiger partial charge in [0, 0.05) is 0 Å². The predicted octanol–water partition coefficient (Wildman–Crippen LogP) is 2.90. The van der Waals surface area contributed by atoms with Gasteiger partial charge >= 0.3 is 0 Å². The van der Waals surface area contributed by atoms with Gasteiger partial charge in [0.05, 0.1) is 18.4 Å². The fourth-order valence-corrected chi connectivity index (χ4v) is 1.73. The Morgan fingerprint density at radius 2 is 2.05 bits per heavy atom. The van der Waals surface area contributed by atoms with Crippen molar-refractivity contribution in [1.29, 1.82) is 0 Å². The molecule has 1 unspecified atom stereocenters. The van der Waals surface area contributed by atoms with E-state index in [1.54, 1.807) is 6.92 Å². The van der Waals surface area contributed by atoms with Crippen molar-refractivity contribution in [2.75, 3.05) is 0 Å². The van der Waals surface area contributed by atoms with Gasteiger partial charge in [-0.1, -0.05) is 17.7 Å². The Morgan fingerprint density at radius 1 is 1.30 bits per heavy atom. The highest BCUT2D eigenvalue weighted by Crippen LogP contribution is 2.16. The smallest absolute Gasteiger partial charge is 0.272 e. The van der Waals surface area contributed by atoms with E-state index in [0.29, 0.717) is 5.56 Å². The number of halogens is 3. The number of aromatic nitrogens is 2. The molecule has 0 radical (unpaired) electrons. The molecule has 0 aliphatic rings. The van der Waals surface area contributed by atoms with Gasteiger partial charge in [0.15, 0.2) is 11.6 Å². The van der Waals surface area contributed by atoms with E-state index in [-0.39, 0.29) is 10.8 Å². The number of nitrogens with one attached hydrogen (secondary N) is 1. The second-order valence-corrected chi connectivity index (χ2v) is 4.48. The van der Waals surface area contributed by atoms with Gasteiger partial charge in [-0.2, -0.15) is 0 Å². The molecule has 0 saturated heterocycles. The molecule has 7 heteroatoms. The van der Waals surface area contributed by atoms with Crippen LogP contribution in [0.25, 0.3) is 0 Å². The fourth-order valence-electron chi connectivity index (χ4n) is 1.59. The number of carbonyl (C=O) groups excluding carboxylic acids is 1. The van der Waals surface area contributed by atoms with Crippen LogP contribution >= 0.6 is 11.6 Å². The summed E-state index contributed by atoms with van der Waals surface area (Å²) in [5.74, 6) is -2.41. The minimum Gasteiger partial charge on any atom is -0.344 e. The maximum atomic E-state index is 13.1. The Labute approximate surface area is 118 Å². The maximum Gasteiger partial charge on any atom is 0.272 e. The molecule has 2 rings (SSSR count). The van der Waals surface area contributed by atoms with Crippen molar-refractivity contribution >= 4 is 17.5 Å². The highest BCUT2D eigenvalue weighted by Gasteiger charge is 2.14. The summed E-state index contributed by atoms with van der Waals surface area (Å²) in [6.45, 7) is 1.64. The number of nitrogens with zero attached hydrogens (tertiary/aromatic N) is 2. The largest absolute Gasteiger partial charge is 0.344 e. The van der Waals surface area contributed by atoms with E-state index in [9.17, 15) is 13.6 Å². The van der Waals surface area contributed by atoms with E-state index in [0.717, 1.165) is 12.1 Å². The minimum absolute atomic E-state index is 0.0481. The van der Waals surface area contributed by atoms with Crippen LogP contribution < -0.4 is 5.32 Å². The summed E-state index contributed by atoms with van der Waals surface area (Å²) in [6.07, 6.45) is 2.57. The first-order valence-electron chi connectivity index (χ1n) is 5.70. The van der Waals surface area contributed by atoms with Crippen molar-refractivity contribution in [2.45, 2.75) is 13.0 Å². The number of benzene rings is 1. The van der Waals surface area contributed by atoms with Crippen LogP contribution in [0.3, 0.4) is 0 Å². The summed E-state index contributed by atoms with van der Waals surface area (Å²) >= 11 is 5.64. The molecule has 104 valence electrons. The highest BCUT2D eigenvalue weighted by molar-refractivity contribution is 6.29. The summed E-state index contributed by atoms with van der Waals surface area (Å²) in [5.41, 5.74) is 0.485. The molecular formula is C13H10ClF2N3O. The van der Waals surface area contributed by atoms with Crippen LogP contribution in [0.1, 0.15) is 29.0 Å². The van der Waals surface area contributed by atoms with Crippen LogP contribution in [-0.2, 0) is 0 Å². The molecule has 1 heterocycles. The Hall–Kier alpha value is -2.08. The summed E-state index contributed by atoms with van der Waals surface area (Å²) in [4.78, 5) is 19.4. The van der Waals surface area contributed by atoms with Gasteiger partial charge in [-0.3, -0.25) is 9.78 Å². The van der Waals surface area contributed by atoms with Crippen molar-refractivity contribution in [3.05, 3.63) is 58.6 Å². The lowest BCUT2D eigenvalue weighted by molar-refractivity contribution is 0.0934. The van der Waals surface area contributed by atoms with E-state index < -0.39 is 23.6 Å². The van der Waals surface area contributed by atoms with Crippen molar-refractivity contribution in [3.63, 3.8) is 0 Å². The Kier molecular flexibility index (Phi) is 4.24. The molecule has 0 aliphatic heterocycles. The summed E-state index contributed by atoms with van der Waals surface area (Å²) in [6, 6.07) is 2.92. The molecule has 1 atom stereocenters. The Morgan fingerprint density at radius 3 is 2.70 bits per heavy atom. The van der Waals surface area contributed by atoms with E-state index in [4.69, 9.17) is 11.6 Å². The molecule has 0 saturated carbocycles. The highest BCUT2D eigenvalue weighted by atomic mass is 35.5. The molecular weight excluding hydrogens is 288 g/mol. The third kappa shape index (κ3) is 3.27. The summed E-state index contributed by atoms with van der Waals surface area (Å²) in [5, 5.41) is 2.69. The first kappa shape index (κ1) is 14.3. The predicted molar refractivity (Wildman–Crippen MR) is 69.3 cm³/mol. The zero-order valence-electron chi connectivity index (χ0n) is 10.4. The molecule has 1 aromatic carbocycles. The maximum absolute atomic E-state index is 13.1. The van der Waals surface area contributed by atoms with Crippen LogP contribution in [0.15, 0.2) is 30.6 Å². The van der Waals surface area contributed by atoms with Gasteiger partial charge in [-0.25, -0.2) is 13.8 Å². The molecule has 0 spiro atoms. The number of hydrogen-bond donors (Lipinski definition) is 1. The monoisotopic (exact) mass is 297 g/mol. The quantitative estimate of drug-likeness (QED) is 0.948. The summed E-state index contributed by atoms with van der Waals surface area (Å²) < 4.78 is 26.0. The van der Waals surface area contributed by atoms with Crippen LogP contribution in [0.4, 0.5) is 8.78 Å². The van der Waals surface area contributed by atoms with Crippen molar-refractivity contribution in [3.8, 4) is 0 Å². The number of rotatable bonds is 3. The van der Waals surface area contributed by atoms with Gasteiger partial charge in [0.25, 0.3) is 5.91 Å². The van der Waals surface area contributed by atoms with Gasteiger partial charge in [-0.15, -0.1) is 0 Å². The standard InChI is InChI=1S/C13H10ClF2N3O/c1-7(8-2-3-9(15)10(16)4-8)18-13(20)11-5-17-6-12(14)19-11/h2-7H,1H3,(H,18,20). The lowest BCUT2D eigenvalue weighted by Gasteiger charge is -2.14. The first-order valence-corrected chi connectivity index (χ1v) is 6.08. The van der Waals surface area contributed by atoms with Crippen LogP contribution in [0.2, 0.25) is 5.15 Å². The van der Waals surface area contributed by atoms with E-state index in [2.05, 4.69) is 15.3 Å². The molecule has 1 aromatic heterocycles. The average molecular weight is 298 g/mol. The second kappa shape index (κ2) is 5.92. The molecule has 1 amide bonds. The molecule has 1 N–H and O–H groups in total. The molecule has 4 nitrogen and oxygen atoms in total. The minimum atomic E-state index is -0.967. The van der Waals surface area contributed by atoms with Crippen LogP contribution in [0.5, 0.6) is 0 Å². The normalized spacial score (nSPS) is 12.0. The SMILES string of the molecule is CC(NC(=O)c1cncc(Cl)n1)c1ccc(F)c(F)c1. The number of amides is 1. The Bertz CT molecular complexity index is 651. The third-order valence-corrected chi connectivity index (χ3v) is 2.81. The molecule has 0 bridgehead atoms. The van der Waals surface area contributed by atoms with Crippen LogP contribution in [0, 0.1) is 11.6 Å². The molecule has 2 aromatic rings. The fraction of sp³-hybridized carbons (Fsp3) is 0.154. The zero-order valence-corrected chi connectivity index (χ0v) is 11.2. The molecule has 0 aliphatic carbocycles. The van der Waals surface area contributed by atoms with Crippen molar-refractivity contribution in [2.24, 2.45) is 0 Å². The lowest BCUT2D eigenvalue weighted by atomic mass is 10.1. The number of hydrogen-bond acceptors (Lipinski definition) is 3.